The molecule has 0 heterocycles. The summed E-state index contributed by atoms with van der Waals surface area (Å²) in [6.45, 7) is 0. The average Bonchev–Trinajstić information content (AvgIpc) is 2.64. The van der Waals surface area contributed by atoms with E-state index in [1.165, 1.54) is 17.5 Å². The van der Waals surface area contributed by atoms with Gasteiger partial charge in [0.2, 0.25) is 0 Å². The smallest absolute Gasteiger partial charge is 0.0439 e. The van der Waals surface area contributed by atoms with Gasteiger partial charge < -0.3 is 5.73 Å². The number of aryl methyl sites for hydroxylation is 1. The van der Waals surface area contributed by atoms with Gasteiger partial charge in [0, 0.05) is 16.1 Å². The Kier molecular flexibility index (Phi) is 4.54. The first kappa shape index (κ1) is 14.9. The highest BCUT2D eigenvalue weighted by Gasteiger charge is 2.25. The van der Waals surface area contributed by atoms with Crippen LogP contribution in [0.4, 0.5) is 0 Å². The van der Waals surface area contributed by atoms with E-state index in [9.17, 15) is 0 Å². The SMILES string of the molecule is NC1c2ccccc2CCCC1Cc1cc(Cl)ccc1Cl. The highest BCUT2D eigenvalue weighted by atomic mass is 35.5. The topological polar surface area (TPSA) is 26.0 Å². The van der Waals surface area contributed by atoms with Crippen molar-refractivity contribution in [1.29, 1.82) is 0 Å². The van der Waals surface area contributed by atoms with Crippen molar-refractivity contribution in [1.82, 2.24) is 0 Å². The molecule has 0 bridgehead atoms. The zero-order valence-corrected chi connectivity index (χ0v) is 13.4. The summed E-state index contributed by atoms with van der Waals surface area (Å²) in [5, 5.41) is 1.51. The van der Waals surface area contributed by atoms with Crippen LogP contribution in [0.1, 0.15) is 35.6 Å². The average molecular weight is 320 g/mol. The summed E-state index contributed by atoms with van der Waals surface area (Å²) >= 11 is 12.4. The first-order chi connectivity index (χ1) is 10.1. The maximum absolute atomic E-state index is 6.55. The molecule has 1 aliphatic rings. The fourth-order valence-electron chi connectivity index (χ4n) is 3.29. The van der Waals surface area contributed by atoms with Crippen molar-refractivity contribution in [2.45, 2.75) is 31.7 Å². The zero-order chi connectivity index (χ0) is 14.8. The van der Waals surface area contributed by atoms with Gasteiger partial charge in [0.05, 0.1) is 0 Å². The maximum atomic E-state index is 6.55. The zero-order valence-electron chi connectivity index (χ0n) is 11.9. The molecule has 3 rings (SSSR count). The third kappa shape index (κ3) is 3.26. The predicted molar refractivity (Wildman–Crippen MR) is 90.0 cm³/mol. The fourth-order valence-corrected chi connectivity index (χ4v) is 3.68. The molecule has 2 aromatic rings. The number of fused-ring (bicyclic) bond motifs is 1. The molecule has 2 atom stereocenters. The first-order valence-corrected chi connectivity index (χ1v) is 8.18. The van der Waals surface area contributed by atoms with Gasteiger partial charge in [0.15, 0.2) is 0 Å². The van der Waals surface area contributed by atoms with E-state index in [2.05, 4.69) is 24.3 Å². The second kappa shape index (κ2) is 6.39. The molecule has 1 aliphatic carbocycles. The molecule has 0 aromatic heterocycles. The van der Waals surface area contributed by atoms with E-state index in [1.54, 1.807) is 0 Å². The molecule has 0 spiro atoms. The summed E-state index contributed by atoms with van der Waals surface area (Å²) < 4.78 is 0. The Balaban J connectivity index is 1.87. The van der Waals surface area contributed by atoms with Gasteiger partial charge in [-0.05, 0) is 66.5 Å². The monoisotopic (exact) mass is 319 g/mol. The van der Waals surface area contributed by atoms with Crippen LogP contribution in [0.2, 0.25) is 10.0 Å². The van der Waals surface area contributed by atoms with Crippen LogP contribution in [0.25, 0.3) is 0 Å². The van der Waals surface area contributed by atoms with Crippen molar-refractivity contribution in [3.8, 4) is 0 Å². The van der Waals surface area contributed by atoms with Crippen molar-refractivity contribution >= 4 is 23.2 Å². The van der Waals surface area contributed by atoms with E-state index >= 15 is 0 Å². The highest BCUT2D eigenvalue weighted by molar-refractivity contribution is 6.33. The minimum absolute atomic E-state index is 0.0683. The Bertz CT molecular complexity index is 639. The molecular weight excluding hydrogens is 301 g/mol. The molecule has 2 N–H and O–H groups in total. The molecule has 0 saturated carbocycles. The molecule has 0 amide bonds. The molecule has 2 aromatic carbocycles. The van der Waals surface area contributed by atoms with E-state index in [-0.39, 0.29) is 6.04 Å². The third-order valence-corrected chi connectivity index (χ3v) is 5.04. The number of rotatable bonds is 2. The van der Waals surface area contributed by atoms with E-state index in [4.69, 9.17) is 28.9 Å². The van der Waals surface area contributed by atoms with Gasteiger partial charge in [0.1, 0.15) is 0 Å². The van der Waals surface area contributed by atoms with Gasteiger partial charge in [-0.25, -0.2) is 0 Å². The molecule has 0 aliphatic heterocycles. The third-order valence-electron chi connectivity index (χ3n) is 4.43. The van der Waals surface area contributed by atoms with E-state index in [0.717, 1.165) is 34.9 Å². The van der Waals surface area contributed by atoms with Crippen LogP contribution in [0, 0.1) is 5.92 Å². The molecule has 3 heteroatoms. The standard InChI is InChI=1S/C18H19Cl2N/c19-15-8-9-17(20)14(11-15)10-13-6-3-5-12-4-1-2-7-16(12)18(13)21/h1-2,4,7-9,11,13,18H,3,5-6,10,21H2. The van der Waals surface area contributed by atoms with Crippen LogP contribution in [-0.2, 0) is 12.8 Å². The summed E-state index contributed by atoms with van der Waals surface area (Å²) in [7, 11) is 0. The van der Waals surface area contributed by atoms with Crippen molar-refractivity contribution in [2.75, 3.05) is 0 Å². The van der Waals surface area contributed by atoms with E-state index in [0.29, 0.717) is 5.92 Å². The van der Waals surface area contributed by atoms with Crippen molar-refractivity contribution in [2.24, 2.45) is 11.7 Å². The molecule has 2 unspecified atom stereocenters. The number of halogens is 2. The Morgan fingerprint density at radius 3 is 2.76 bits per heavy atom. The lowest BCUT2D eigenvalue weighted by molar-refractivity contribution is 0.402. The summed E-state index contributed by atoms with van der Waals surface area (Å²) in [5.41, 5.74) is 10.3. The van der Waals surface area contributed by atoms with E-state index < -0.39 is 0 Å². The molecule has 0 saturated heterocycles. The lowest BCUT2D eigenvalue weighted by Gasteiger charge is -2.23. The Labute approximate surface area is 136 Å². The summed E-state index contributed by atoms with van der Waals surface area (Å²) in [5.74, 6) is 0.407. The van der Waals surface area contributed by atoms with Crippen molar-refractivity contribution in [3.05, 3.63) is 69.2 Å². The van der Waals surface area contributed by atoms with Gasteiger partial charge in [-0.2, -0.15) is 0 Å². The first-order valence-electron chi connectivity index (χ1n) is 7.42. The Morgan fingerprint density at radius 2 is 1.90 bits per heavy atom. The van der Waals surface area contributed by atoms with Gasteiger partial charge in [-0.3, -0.25) is 0 Å². The van der Waals surface area contributed by atoms with Crippen LogP contribution >= 0.6 is 23.2 Å². The lowest BCUT2D eigenvalue weighted by atomic mass is 9.86. The molecular formula is C18H19Cl2N. The summed E-state index contributed by atoms with van der Waals surface area (Å²) in [6.07, 6.45) is 4.30. The number of nitrogens with two attached hydrogens (primary N) is 1. The quantitative estimate of drug-likeness (QED) is 0.757. The predicted octanol–water partition coefficient (Wildman–Crippen LogP) is 5.19. The van der Waals surface area contributed by atoms with Crippen LogP contribution in [-0.4, -0.2) is 0 Å². The molecule has 21 heavy (non-hydrogen) atoms. The number of hydrogen-bond donors (Lipinski definition) is 1. The number of benzene rings is 2. The molecule has 1 nitrogen and oxygen atoms in total. The van der Waals surface area contributed by atoms with Gasteiger partial charge in [0.25, 0.3) is 0 Å². The summed E-state index contributed by atoms with van der Waals surface area (Å²) in [6, 6.07) is 14.3. The van der Waals surface area contributed by atoms with Crippen LogP contribution in [0.15, 0.2) is 42.5 Å². The fraction of sp³-hybridized carbons (Fsp3) is 0.333. The van der Waals surface area contributed by atoms with Crippen molar-refractivity contribution in [3.63, 3.8) is 0 Å². The molecule has 0 fully saturated rings. The van der Waals surface area contributed by atoms with Crippen LogP contribution in [0.3, 0.4) is 0 Å². The maximum Gasteiger partial charge on any atom is 0.0439 e. The minimum Gasteiger partial charge on any atom is -0.324 e. The Morgan fingerprint density at radius 1 is 1.10 bits per heavy atom. The normalized spacial score (nSPS) is 21.7. The van der Waals surface area contributed by atoms with Crippen LogP contribution in [0.5, 0.6) is 0 Å². The second-order valence-electron chi connectivity index (χ2n) is 5.82. The summed E-state index contributed by atoms with van der Waals surface area (Å²) in [4.78, 5) is 0. The largest absolute Gasteiger partial charge is 0.324 e. The van der Waals surface area contributed by atoms with E-state index in [1.807, 2.05) is 18.2 Å². The van der Waals surface area contributed by atoms with Gasteiger partial charge in [-0.1, -0.05) is 47.5 Å². The number of hydrogen-bond acceptors (Lipinski definition) is 1. The van der Waals surface area contributed by atoms with Gasteiger partial charge in [-0.15, -0.1) is 0 Å². The molecule has 0 radical (unpaired) electrons. The minimum atomic E-state index is 0.0683. The van der Waals surface area contributed by atoms with Crippen LogP contribution < -0.4 is 5.73 Å². The Hall–Kier alpha value is -1.02. The van der Waals surface area contributed by atoms with Gasteiger partial charge >= 0.3 is 0 Å². The molecule has 110 valence electrons. The lowest BCUT2D eigenvalue weighted by Crippen LogP contribution is -2.23. The highest BCUT2D eigenvalue weighted by Crippen LogP contribution is 2.35. The second-order valence-corrected chi connectivity index (χ2v) is 6.66. The van der Waals surface area contributed by atoms with Crippen molar-refractivity contribution < 1.29 is 0 Å².